The molecule has 1 aromatic rings. The molecule has 0 spiro atoms. The van der Waals surface area contributed by atoms with Crippen LogP contribution in [-0.2, 0) is 14.8 Å². The van der Waals surface area contributed by atoms with Crippen LogP contribution in [0.4, 0.5) is 0 Å². The molecule has 0 aliphatic heterocycles. The lowest BCUT2D eigenvalue weighted by molar-refractivity contribution is -0.117. The summed E-state index contributed by atoms with van der Waals surface area (Å²) in [7, 11) is -3.76. The van der Waals surface area contributed by atoms with Gasteiger partial charge < -0.3 is 0 Å². The van der Waals surface area contributed by atoms with Gasteiger partial charge in [0, 0.05) is 18.4 Å². The first-order valence-electron chi connectivity index (χ1n) is 5.13. The van der Waals surface area contributed by atoms with E-state index in [1.807, 2.05) is 0 Å². The van der Waals surface area contributed by atoms with E-state index in [0.717, 1.165) is 4.31 Å². The Labute approximate surface area is 101 Å². The molecule has 0 fully saturated rings. The van der Waals surface area contributed by atoms with Gasteiger partial charge in [0.05, 0.1) is 12.7 Å². The predicted molar refractivity (Wildman–Crippen MR) is 61.7 cm³/mol. The highest BCUT2D eigenvalue weighted by molar-refractivity contribution is 7.89. The lowest BCUT2D eigenvalue weighted by Crippen LogP contribution is -2.40. The monoisotopic (exact) mass is 257 g/mol. The molecule has 0 aromatic carbocycles. The van der Waals surface area contributed by atoms with Gasteiger partial charge in [0.25, 0.3) is 10.0 Å². The highest BCUT2D eigenvalue weighted by atomic mass is 32.2. The topological polar surface area (TPSA) is 80.2 Å². The van der Waals surface area contributed by atoms with Crippen molar-refractivity contribution in [1.82, 2.24) is 14.3 Å². The number of carbonyl (C=O) groups is 1. The molecule has 0 saturated heterocycles. The minimum Gasteiger partial charge on any atom is -0.299 e. The summed E-state index contributed by atoms with van der Waals surface area (Å²) in [5.41, 5.74) is 0. The van der Waals surface area contributed by atoms with Gasteiger partial charge in [-0.3, -0.25) is 9.78 Å². The highest BCUT2D eigenvalue weighted by Gasteiger charge is 2.29. The summed E-state index contributed by atoms with van der Waals surface area (Å²) < 4.78 is 25.5. The third kappa shape index (κ3) is 3.31. The van der Waals surface area contributed by atoms with Gasteiger partial charge in [0.15, 0.2) is 5.03 Å². The third-order valence-electron chi connectivity index (χ3n) is 2.07. The molecule has 0 atom stereocenters. The SMILES string of the molecule is CC(=O)CN(C(C)C)S(=O)(=O)c1cnccn1. The summed E-state index contributed by atoms with van der Waals surface area (Å²) in [6.45, 7) is 4.60. The maximum absolute atomic E-state index is 12.2. The van der Waals surface area contributed by atoms with Crippen molar-refractivity contribution in [3.8, 4) is 0 Å². The lowest BCUT2D eigenvalue weighted by atomic mass is 10.3. The fourth-order valence-corrected chi connectivity index (χ4v) is 2.84. The zero-order valence-electron chi connectivity index (χ0n) is 9.99. The number of carbonyl (C=O) groups excluding carboxylic acids is 1. The van der Waals surface area contributed by atoms with Gasteiger partial charge in [-0.15, -0.1) is 0 Å². The average molecular weight is 257 g/mol. The molecule has 0 N–H and O–H groups in total. The predicted octanol–water partition coefficient (Wildman–Crippen LogP) is 0.465. The molecule has 1 rings (SSSR count). The normalized spacial score (nSPS) is 12.1. The molecule has 1 aromatic heterocycles. The molecule has 0 aliphatic carbocycles. The van der Waals surface area contributed by atoms with E-state index in [9.17, 15) is 13.2 Å². The van der Waals surface area contributed by atoms with Crippen molar-refractivity contribution in [1.29, 1.82) is 0 Å². The van der Waals surface area contributed by atoms with E-state index < -0.39 is 10.0 Å². The number of nitrogens with zero attached hydrogens (tertiary/aromatic N) is 3. The van der Waals surface area contributed by atoms with Crippen LogP contribution in [0, 0.1) is 0 Å². The minimum absolute atomic E-state index is 0.144. The molecular weight excluding hydrogens is 242 g/mol. The first kappa shape index (κ1) is 13.7. The Morgan fingerprint density at radius 2 is 2.06 bits per heavy atom. The zero-order chi connectivity index (χ0) is 13.1. The Hall–Kier alpha value is -1.34. The summed E-state index contributed by atoms with van der Waals surface area (Å²) in [6.07, 6.45) is 3.87. The molecule has 0 aliphatic rings. The van der Waals surface area contributed by atoms with Crippen LogP contribution in [0.15, 0.2) is 23.6 Å². The van der Waals surface area contributed by atoms with Crippen molar-refractivity contribution in [2.24, 2.45) is 0 Å². The second-order valence-electron chi connectivity index (χ2n) is 3.89. The van der Waals surface area contributed by atoms with Crippen molar-refractivity contribution in [2.45, 2.75) is 31.8 Å². The number of aromatic nitrogens is 2. The van der Waals surface area contributed by atoms with Crippen molar-refractivity contribution in [3.63, 3.8) is 0 Å². The van der Waals surface area contributed by atoms with E-state index in [4.69, 9.17) is 0 Å². The van der Waals surface area contributed by atoms with Crippen molar-refractivity contribution in [3.05, 3.63) is 18.6 Å². The molecule has 7 heteroatoms. The molecule has 0 bridgehead atoms. The van der Waals surface area contributed by atoms with Gasteiger partial charge in [-0.05, 0) is 20.8 Å². The van der Waals surface area contributed by atoms with Gasteiger partial charge in [0.1, 0.15) is 5.78 Å². The van der Waals surface area contributed by atoms with Crippen LogP contribution >= 0.6 is 0 Å². The summed E-state index contributed by atoms with van der Waals surface area (Å²) in [6, 6.07) is -0.314. The second kappa shape index (κ2) is 5.33. The molecule has 0 saturated carbocycles. The largest absolute Gasteiger partial charge is 0.299 e. The van der Waals surface area contributed by atoms with Gasteiger partial charge in [-0.1, -0.05) is 0 Å². The maximum atomic E-state index is 12.2. The van der Waals surface area contributed by atoms with Crippen LogP contribution in [0.2, 0.25) is 0 Å². The second-order valence-corrected chi connectivity index (χ2v) is 5.73. The van der Waals surface area contributed by atoms with Crippen molar-refractivity contribution in [2.75, 3.05) is 6.54 Å². The van der Waals surface area contributed by atoms with Gasteiger partial charge in [-0.25, -0.2) is 13.4 Å². The lowest BCUT2D eigenvalue weighted by Gasteiger charge is -2.23. The average Bonchev–Trinajstić information content (AvgIpc) is 2.26. The van der Waals surface area contributed by atoms with Gasteiger partial charge in [0.2, 0.25) is 0 Å². The molecular formula is C10H15N3O3S. The van der Waals surface area contributed by atoms with Crippen LogP contribution in [0.3, 0.4) is 0 Å². The standard InChI is InChI=1S/C10H15N3O3S/c1-8(2)13(7-9(3)14)17(15,16)10-6-11-4-5-12-10/h4-6,8H,7H2,1-3H3. The third-order valence-corrected chi connectivity index (χ3v) is 3.97. The Bertz CT molecular complexity index is 485. The number of hydrogen-bond acceptors (Lipinski definition) is 5. The van der Waals surface area contributed by atoms with E-state index in [1.54, 1.807) is 13.8 Å². The molecule has 17 heavy (non-hydrogen) atoms. The van der Waals surface area contributed by atoms with Gasteiger partial charge >= 0.3 is 0 Å². The maximum Gasteiger partial charge on any atom is 0.262 e. The van der Waals surface area contributed by atoms with E-state index >= 15 is 0 Å². The highest BCUT2D eigenvalue weighted by Crippen LogP contribution is 2.14. The van der Waals surface area contributed by atoms with E-state index in [-0.39, 0.29) is 23.4 Å². The molecule has 0 radical (unpaired) electrons. The van der Waals surface area contributed by atoms with Crippen LogP contribution in [0.5, 0.6) is 0 Å². The van der Waals surface area contributed by atoms with Crippen LogP contribution in [0.1, 0.15) is 20.8 Å². The summed E-state index contributed by atoms with van der Waals surface area (Å²) in [5.74, 6) is -0.217. The Morgan fingerprint density at radius 1 is 1.41 bits per heavy atom. The fraction of sp³-hybridized carbons (Fsp3) is 0.500. The van der Waals surface area contributed by atoms with Crippen molar-refractivity contribution >= 4 is 15.8 Å². The van der Waals surface area contributed by atoms with E-state index in [2.05, 4.69) is 9.97 Å². The number of hydrogen-bond donors (Lipinski definition) is 0. The summed E-state index contributed by atoms with van der Waals surface area (Å²) >= 11 is 0. The number of ketones is 1. The summed E-state index contributed by atoms with van der Waals surface area (Å²) in [5, 5.41) is -0.144. The smallest absolute Gasteiger partial charge is 0.262 e. The molecule has 94 valence electrons. The molecule has 0 unspecified atom stereocenters. The van der Waals surface area contributed by atoms with Crippen LogP contribution in [0.25, 0.3) is 0 Å². The number of Topliss-reactive ketones (excluding diaryl/α,β-unsaturated/α-hetero) is 1. The zero-order valence-corrected chi connectivity index (χ0v) is 10.8. The number of rotatable bonds is 5. The Balaban J connectivity index is 3.14. The van der Waals surface area contributed by atoms with Crippen molar-refractivity contribution < 1.29 is 13.2 Å². The molecule has 6 nitrogen and oxygen atoms in total. The van der Waals surface area contributed by atoms with Crippen LogP contribution < -0.4 is 0 Å². The molecule has 1 heterocycles. The molecule has 0 amide bonds. The minimum atomic E-state index is -3.76. The quantitative estimate of drug-likeness (QED) is 0.765. The first-order valence-corrected chi connectivity index (χ1v) is 6.57. The number of sulfonamides is 1. The summed E-state index contributed by atoms with van der Waals surface area (Å²) in [4.78, 5) is 18.6. The van der Waals surface area contributed by atoms with Gasteiger partial charge in [-0.2, -0.15) is 4.31 Å². The first-order chi connectivity index (χ1) is 7.85. The Morgan fingerprint density at radius 3 is 2.47 bits per heavy atom. The van der Waals surface area contributed by atoms with E-state index in [1.165, 1.54) is 25.5 Å². The van der Waals surface area contributed by atoms with Crippen LogP contribution in [-0.4, -0.2) is 41.1 Å². The van der Waals surface area contributed by atoms with E-state index in [0.29, 0.717) is 0 Å². The fourth-order valence-electron chi connectivity index (χ4n) is 1.30. The Kier molecular flexibility index (Phi) is 4.30.